The Bertz CT molecular complexity index is 1950. The number of anilines is 1. The van der Waals surface area contributed by atoms with Crippen LogP contribution in [-0.2, 0) is 16.6 Å². The van der Waals surface area contributed by atoms with Crippen LogP contribution in [0.4, 0.5) is 10.7 Å². The molecule has 0 bridgehead atoms. The summed E-state index contributed by atoms with van der Waals surface area (Å²) >= 11 is 0. The zero-order valence-corrected chi connectivity index (χ0v) is 26.1. The largest absolute Gasteiger partial charge is 0.349 e. The predicted octanol–water partition coefficient (Wildman–Crippen LogP) is 6.02. The molecule has 0 unspecified atom stereocenters. The summed E-state index contributed by atoms with van der Waals surface area (Å²) in [5.74, 6) is 1.10. The molecule has 45 heavy (non-hydrogen) atoms. The maximum absolute atomic E-state index is 13.8. The molecule has 1 fully saturated rings. The number of hydrogen-bond acceptors (Lipinski definition) is 6. The molecule has 11 heteroatoms. The van der Waals surface area contributed by atoms with Crippen LogP contribution in [0.3, 0.4) is 0 Å². The number of para-hydroxylation sites is 2. The molecule has 2 amide bonds. The molecule has 3 aromatic carbocycles. The van der Waals surface area contributed by atoms with Crippen LogP contribution in [0.25, 0.3) is 21.8 Å². The summed E-state index contributed by atoms with van der Waals surface area (Å²) in [7, 11) is -3.86. The average Bonchev–Trinajstić information content (AvgIpc) is 3.72. The van der Waals surface area contributed by atoms with Gasteiger partial charge in [-0.05, 0) is 66.1 Å². The van der Waals surface area contributed by atoms with Gasteiger partial charge in [0, 0.05) is 41.7 Å². The van der Waals surface area contributed by atoms with Crippen LogP contribution in [0.1, 0.15) is 73.5 Å². The summed E-state index contributed by atoms with van der Waals surface area (Å²) in [5.41, 5.74) is 5.31. The van der Waals surface area contributed by atoms with Crippen LogP contribution in [0.15, 0.2) is 77.8 Å². The van der Waals surface area contributed by atoms with Crippen molar-refractivity contribution < 1.29 is 13.2 Å². The second-order valence-electron chi connectivity index (χ2n) is 12.5. The number of pyridine rings is 1. The van der Waals surface area contributed by atoms with E-state index >= 15 is 0 Å². The number of aromatic nitrogens is 3. The predicted molar refractivity (Wildman–Crippen MR) is 175 cm³/mol. The molecule has 2 aromatic heterocycles. The number of rotatable bonds is 10. The van der Waals surface area contributed by atoms with Gasteiger partial charge in [0.05, 0.1) is 28.0 Å². The molecule has 232 valence electrons. The number of aromatic amines is 1. The fourth-order valence-corrected chi connectivity index (χ4v) is 7.57. The van der Waals surface area contributed by atoms with Crippen LogP contribution in [-0.4, -0.2) is 35.9 Å². The van der Waals surface area contributed by atoms with Gasteiger partial charge in [0.15, 0.2) is 0 Å². The highest BCUT2D eigenvalue weighted by atomic mass is 32.2. The second-order valence-corrected chi connectivity index (χ2v) is 14.2. The monoisotopic (exact) mass is 623 g/mol. The number of urea groups is 1. The molecule has 5 N–H and O–H groups in total. The molecule has 2 aliphatic carbocycles. The van der Waals surface area contributed by atoms with Crippen molar-refractivity contribution in [3.63, 3.8) is 0 Å². The van der Waals surface area contributed by atoms with Gasteiger partial charge in [0.1, 0.15) is 0 Å². The average molecular weight is 624 g/mol. The number of amides is 2. The number of hydrogen-bond donors (Lipinski definition) is 5. The molecular weight excluding hydrogens is 586 g/mol. The topological polar surface area (TPSA) is 141 Å². The Balaban J connectivity index is 1.30. The first kappa shape index (κ1) is 29.2. The van der Waals surface area contributed by atoms with Crippen LogP contribution in [0.2, 0.25) is 0 Å². The van der Waals surface area contributed by atoms with Gasteiger partial charge < -0.3 is 20.9 Å². The number of sulfonamides is 1. The Morgan fingerprint density at radius 2 is 1.78 bits per heavy atom. The van der Waals surface area contributed by atoms with Crippen molar-refractivity contribution in [3.8, 4) is 0 Å². The van der Waals surface area contributed by atoms with E-state index in [-0.39, 0.29) is 22.9 Å². The summed E-state index contributed by atoms with van der Waals surface area (Å²) in [6.45, 7) is 4.64. The minimum atomic E-state index is -3.86. The summed E-state index contributed by atoms with van der Waals surface area (Å²) in [5, 5.41) is 11.0. The van der Waals surface area contributed by atoms with E-state index in [9.17, 15) is 13.2 Å². The quantitative estimate of drug-likeness (QED) is 0.129. The number of imidazole rings is 1. The van der Waals surface area contributed by atoms with E-state index in [0.29, 0.717) is 36.8 Å². The SMILES string of the molecule is CC(C)CNS(=O)(=O)c1cc2c(c3cnc(C4CC4)cc13)[C@@H](Nc1nc3ccccc3[nH]1)C[C@@H]2NC(=O)NCc1ccccc1. The molecule has 1 saturated carbocycles. The zero-order valence-electron chi connectivity index (χ0n) is 25.3. The highest BCUT2D eigenvalue weighted by Gasteiger charge is 2.37. The fourth-order valence-electron chi connectivity index (χ4n) is 6.12. The van der Waals surface area contributed by atoms with E-state index in [2.05, 4.69) is 25.7 Å². The molecule has 2 atom stereocenters. The van der Waals surface area contributed by atoms with Crippen molar-refractivity contribution in [1.82, 2.24) is 30.3 Å². The normalized spacial score (nSPS) is 17.9. The first-order chi connectivity index (χ1) is 21.7. The number of nitrogens with zero attached hydrogens (tertiary/aromatic N) is 2. The summed E-state index contributed by atoms with van der Waals surface area (Å²) in [6, 6.07) is 20.2. The lowest BCUT2D eigenvalue weighted by atomic mass is 9.98. The third-order valence-electron chi connectivity index (χ3n) is 8.54. The molecular formula is C34H37N7O3S. The lowest BCUT2D eigenvalue weighted by Crippen LogP contribution is -2.37. The van der Waals surface area contributed by atoms with E-state index < -0.39 is 16.1 Å². The van der Waals surface area contributed by atoms with E-state index in [1.54, 1.807) is 6.07 Å². The van der Waals surface area contributed by atoms with Gasteiger partial charge in [-0.25, -0.2) is 22.9 Å². The standard InChI is InChI=1S/C34H37N7O3S/c1-20(2)17-37-45(43,44)31-15-24-29(41-34(42)36-18-21-8-4-3-5-9-21)16-30(40-33-38-26-10-6-7-11-27(26)39-33)32(24)25-19-35-28(14-23(25)31)22-12-13-22/h3-11,14-15,19-20,22,29-30,37H,12-13,16-18H2,1-2H3,(H2,36,41,42)(H2,38,39,40)/t29-,30-/m0/s1. The third-order valence-corrected chi connectivity index (χ3v) is 10.0. The smallest absolute Gasteiger partial charge is 0.315 e. The summed E-state index contributed by atoms with van der Waals surface area (Å²) in [6.07, 6.45) is 4.41. The van der Waals surface area contributed by atoms with Gasteiger partial charge in [-0.2, -0.15) is 0 Å². The van der Waals surface area contributed by atoms with Crippen molar-refractivity contribution in [2.45, 2.75) is 62.6 Å². The highest BCUT2D eigenvalue weighted by molar-refractivity contribution is 7.89. The molecule has 0 spiro atoms. The van der Waals surface area contributed by atoms with Crippen LogP contribution in [0, 0.1) is 5.92 Å². The molecule has 0 aliphatic heterocycles. The summed E-state index contributed by atoms with van der Waals surface area (Å²) < 4.78 is 30.5. The minimum Gasteiger partial charge on any atom is -0.349 e. The Morgan fingerprint density at radius 3 is 2.53 bits per heavy atom. The molecule has 10 nitrogen and oxygen atoms in total. The van der Waals surface area contributed by atoms with E-state index in [1.807, 2.05) is 80.7 Å². The van der Waals surface area contributed by atoms with Gasteiger partial charge in [-0.15, -0.1) is 0 Å². The van der Waals surface area contributed by atoms with Gasteiger partial charge in [0.2, 0.25) is 16.0 Å². The second kappa shape index (κ2) is 11.8. The van der Waals surface area contributed by atoms with Gasteiger partial charge in [-0.3, -0.25) is 4.98 Å². The van der Waals surface area contributed by atoms with Gasteiger partial charge >= 0.3 is 6.03 Å². The third kappa shape index (κ3) is 6.10. The first-order valence-corrected chi connectivity index (χ1v) is 17.0. The summed E-state index contributed by atoms with van der Waals surface area (Å²) in [4.78, 5) is 26.3. The van der Waals surface area contributed by atoms with E-state index in [4.69, 9.17) is 9.97 Å². The van der Waals surface area contributed by atoms with Crippen LogP contribution in [0.5, 0.6) is 0 Å². The molecule has 0 saturated heterocycles. The number of H-pyrrole nitrogens is 1. The van der Waals surface area contributed by atoms with E-state index in [0.717, 1.165) is 51.6 Å². The highest BCUT2D eigenvalue weighted by Crippen LogP contribution is 2.47. The first-order valence-electron chi connectivity index (χ1n) is 15.5. The maximum Gasteiger partial charge on any atom is 0.315 e. The van der Waals surface area contributed by atoms with Crippen molar-refractivity contribution in [1.29, 1.82) is 0 Å². The maximum atomic E-state index is 13.8. The molecule has 2 aliphatic rings. The van der Waals surface area contributed by atoms with Crippen LogP contribution < -0.4 is 20.7 Å². The number of carbonyl (C=O) groups is 1. The number of fused-ring (bicyclic) bond motifs is 4. The Morgan fingerprint density at radius 1 is 1.00 bits per heavy atom. The van der Waals surface area contributed by atoms with Crippen molar-refractivity contribution in [3.05, 3.63) is 95.3 Å². The minimum absolute atomic E-state index is 0.143. The lowest BCUT2D eigenvalue weighted by molar-refractivity contribution is 0.236. The van der Waals surface area contributed by atoms with Gasteiger partial charge in [0.25, 0.3) is 0 Å². The Hall–Kier alpha value is -4.48. The van der Waals surface area contributed by atoms with Crippen molar-refractivity contribution >= 4 is 43.8 Å². The number of benzene rings is 3. The number of nitrogens with one attached hydrogen (secondary N) is 5. The van der Waals surface area contributed by atoms with Crippen molar-refractivity contribution in [2.24, 2.45) is 5.92 Å². The zero-order chi connectivity index (χ0) is 31.1. The fraction of sp³-hybridized carbons (Fsp3) is 0.324. The number of carbonyl (C=O) groups excluding carboxylic acids is 1. The molecule has 0 radical (unpaired) electrons. The van der Waals surface area contributed by atoms with Crippen LogP contribution >= 0.6 is 0 Å². The Kier molecular flexibility index (Phi) is 7.66. The van der Waals surface area contributed by atoms with Gasteiger partial charge in [-0.1, -0.05) is 56.3 Å². The van der Waals surface area contributed by atoms with E-state index in [1.165, 1.54) is 0 Å². The molecule has 2 heterocycles. The lowest BCUT2D eigenvalue weighted by Gasteiger charge is -2.19. The van der Waals surface area contributed by atoms with Crippen molar-refractivity contribution in [2.75, 3.05) is 11.9 Å². The Labute approximate surface area is 262 Å². The molecule has 7 rings (SSSR count). The molecule has 5 aromatic rings.